The highest BCUT2D eigenvalue weighted by molar-refractivity contribution is 7.20. The molecule has 362 valence electrons. The topological polar surface area (TPSA) is 86.8 Å². The van der Waals surface area contributed by atoms with Crippen LogP contribution in [0.2, 0.25) is 0 Å². The third-order valence-electron chi connectivity index (χ3n) is 10.6. The van der Waals surface area contributed by atoms with Crippen molar-refractivity contribution in [3.8, 4) is 0 Å². The SMILES string of the molecule is Fc1c(F)c(F)c([B-](c2c(F)c(F)c(F)c(F)c2F)(c2c(F)c(F)c(F)c(F)c2F)c2c(F)c(F)c(F)c(F)c2F)c(F)c1F.[N-]=[N+]=NCC(=O)c1ccc2ccccc2[n+]1CC(=O)c1ccccc1. The summed E-state index contributed by atoms with van der Waals surface area (Å²) in [6.07, 6.45) is -7.22. The zero-order chi connectivity index (χ0) is 52.0. The second kappa shape index (κ2) is 19.6. The molecule has 0 N–H and O–H groups in total. The van der Waals surface area contributed by atoms with Gasteiger partial charge >= 0.3 is 0 Å². The predicted molar refractivity (Wildman–Crippen MR) is 202 cm³/mol. The molecule has 0 amide bonds. The number of carbonyl (C=O) groups excluding carboxylic acids is 2. The Morgan fingerprint density at radius 3 is 1.07 bits per heavy atom. The van der Waals surface area contributed by atoms with E-state index in [1.54, 1.807) is 34.9 Å². The maximum absolute atomic E-state index is 15.4. The van der Waals surface area contributed by atoms with Crippen LogP contribution in [-0.2, 0) is 6.54 Å². The molecular weight excluding hydrogens is 995 g/mol. The molecule has 0 bridgehead atoms. The number of aromatic nitrogens is 1. The fourth-order valence-corrected chi connectivity index (χ4v) is 7.59. The molecule has 27 heteroatoms. The summed E-state index contributed by atoms with van der Waals surface area (Å²) in [5.41, 5.74) is -4.19. The Labute approximate surface area is 375 Å². The molecule has 0 saturated heterocycles. The molecular formula is C43H15BF20N4O2. The molecule has 7 aromatic rings. The van der Waals surface area contributed by atoms with Crippen LogP contribution in [0.4, 0.5) is 87.8 Å². The number of halogens is 20. The number of nitrogens with zero attached hydrogens (tertiary/aromatic N) is 4. The lowest BCUT2D eigenvalue weighted by Crippen LogP contribution is -2.81. The van der Waals surface area contributed by atoms with E-state index >= 15 is 35.1 Å². The van der Waals surface area contributed by atoms with Gasteiger partial charge in [0.15, 0.2) is 69.8 Å². The summed E-state index contributed by atoms with van der Waals surface area (Å²) in [5.74, 6) is -71.8. The van der Waals surface area contributed by atoms with E-state index in [1.807, 2.05) is 36.4 Å². The van der Waals surface area contributed by atoms with E-state index in [0.717, 1.165) is 10.9 Å². The van der Waals surface area contributed by atoms with Gasteiger partial charge in [-0.1, -0.05) is 47.6 Å². The van der Waals surface area contributed by atoms with Crippen LogP contribution in [-0.4, -0.2) is 24.3 Å². The Kier molecular flexibility index (Phi) is 14.4. The number of hydrogen-bond acceptors (Lipinski definition) is 3. The average Bonchev–Trinajstić information content (AvgIpc) is 3.35. The second-order valence-corrected chi connectivity index (χ2v) is 14.3. The lowest BCUT2D eigenvalue weighted by molar-refractivity contribution is -0.659. The van der Waals surface area contributed by atoms with Gasteiger partial charge < -0.3 is 0 Å². The molecule has 0 aliphatic rings. The van der Waals surface area contributed by atoms with E-state index in [4.69, 9.17) is 5.53 Å². The molecule has 0 aliphatic heterocycles. The fourth-order valence-electron chi connectivity index (χ4n) is 7.59. The molecule has 0 atom stereocenters. The number of carbonyl (C=O) groups is 2. The Hall–Kier alpha value is -7.96. The summed E-state index contributed by atoms with van der Waals surface area (Å²) in [4.78, 5) is 27.7. The highest BCUT2D eigenvalue weighted by atomic mass is 19.2. The van der Waals surface area contributed by atoms with Gasteiger partial charge in [0, 0.05) is 28.0 Å². The summed E-state index contributed by atoms with van der Waals surface area (Å²) in [7, 11) is 0. The van der Waals surface area contributed by atoms with Crippen molar-refractivity contribution in [3.63, 3.8) is 0 Å². The zero-order valence-electron chi connectivity index (χ0n) is 33.5. The molecule has 7 rings (SSSR count). The van der Waals surface area contributed by atoms with Gasteiger partial charge in [0.25, 0.3) is 0 Å². The monoisotopic (exact) mass is 1010 g/mol. The smallest absolute Gasteiger partial charge is 0.249 e. The first-order valence-corrected chi connectivity index (χ1v) is 18.7. The molecule has 1 aromatic heterocycles. The largest absolute Gasteiger partial charge is 0.287 e. The number of Topliss-reactive ketones (excluding diaryl/α,β-unsaturated/α-hetero) is 2. The Bertz CT molecular complexity index is 3010. The summed E-state index contributed by atoms with van der Waals surface area (Å²) >= 11 is 0. The lowest BCUT2D eigenvalue weighted by Gasteiger charge is -2.44. The number of pyridine rings is 1. The van der Waals surface area contributed by atoms with Crippen molar-refractivity contribution < 1.29 is 102 Å². The van der Waals surface area contributed by atoms with Crippen molar-refractivity contribution in [2.45, 2.75) is 6.54 Å². The zero-order valence-corrected chi connectivity index (χ0v) is 33.5. The molecule has 6 nitrogen and oxygen atoms in total. The van der Waals surface area contributed by atoms with Crippen molar-refractivity contribution in [2.24, 2.45) is 5.11 Å². The molecule has 0 radical (unpaired) electrons. The maximum atomic E-state index is 15.4. The number of rotatable bonds is 10. The van der Waals surface area contributed by atoms with Crippen LogP contribution in [0.25, 0.3) is 21.3 Å². The van der Waals surface area contributed by atoms with Gasteiger partial charge in [0.2, 0.25) is 29.3 Å². The van der Waals surface area contributed by atoms with Crippen LogP contribution in [0.1, 0.15) is 20.8 Å². The number of fused-ring (bicyclic) bond motifs is 1. The predicted octanol–water partition coefficient (Wildman–Crippen LogP) is 9.35. The summed E-state index contributed by atoms with van der Waals surface area (Å²) in [5, 5.41) is 4.26. The third kappa shape index (κ3) is 8.17. The van der Waals surface area contributed by atoms with Crippen LogP contribution >= 0.6 is 0 Å². The molecule has 6 aromatic carbocycles. The van der Waals surface area contributed by atoms with Gasteiger partial charge in [-0.25, -0.2) is 87.8 Å². The number of para-hydroxylation sites is 1. The molecule has 0 spiro atoms. The van der Waals surface area contributed by atoms with Crippen LogP contribution in [0, 0.1) is 116 Å². The van der Waals surface area contributed by atoms with E-state index < -0.39 is 144 Å². The van der Waals surface area contributed by atoms with E-state index in [-0.39, 0.29) is 24.7 Å². The van der Waals surface area contributed by atoms with E-state index in [1.165, 1.54) is 0 Å². The van der Waals surface area contributed by atoms with E-state index in [0.29, 0.717) is 11.3 Å². The minimum absolute atomic E-state index is 0.0305. The van der Waals surface area contributed by atoms with Gasteiger partial charge in [-0.05, 0) is 17.7 Å². The third-order valence-corrected chi connectivity index (χ3v) is 10.6. The molecule has 0 aliphatic carbocycles. The first-order valence-electron chi connectivity index (χ1n) is 18.7. The quantitative estimate of drug-likeness (QED) is 0.0158. The molecule has 0 unspecified atom stereocenters. The lowest BCUT2D eigenvalue weighted by atomic mass is 9.12. The van der Waals surface area contributed by atoms with Crippen LogP contribution < -0.4 is 26.4 Å². The molecule has 70 heavy (non-hydrogen) atoms. The minimum Gasteiger partial charge on any atom is -0.287 e. The molecule has 0 saturated carbocycles. The fraction of sp³-hybridized carbons (Fsp3) is 0.0465. The first-order chi connectivity index (χ1) is 32.9. The number of benzene rings is 6. The van der Waals surface area contributed by atoms with Crippen LogP contribution in [0.3, 0.4) is 0 Å². The van der Waals surface area contributed by atoms with Crippen molar-refractivity contribution in [3.05, 3.63) is 205 Å². The normalized spacial score (nSPS) is 11.4. The van der Waals surface area contributed by atoms with Crippen LogP contribution in [0.15, 0.2) is 71.8 Å². The second-order valence-electron chi connectivity index (χ2n) is 14.3. The van der Waals surface area contributed by atoms with Gasteiger partial charge in [0.1, 0.15) is 52.7 Å². The van der Waals surface area contributed by atoms with Gasteiger partial charge in [-0.15, -0.1) is 21.9 Å². The average molecular weight is 1010 g/mol. The van der Waals surface area contributed by atoms with E-state index in [9.17, 15) is 62.3 Å². The molecule has 0 fully saturated rings. The summed E-state index contributed by atoms with van der Waals surface area (Å²) in [6.45, 7) is -0.253. The van der Waals surface area contributed by atoms with Crippen molar-refractivity contribution in [2.75, 3.05) is 6.54 Å². The van der Waals surface area contributed by atoms with E-state index in [2.05, 4.69) is 10.0 Å². The minimum atomic E-state index is -7.22. The molecule has 1 heterocycles. The van der Waals surface area contributed by atoms with Gasteiger partial charge in [0.05, 0.1) is 6.54 Å². The summed E-state index contributed by atoms with van der Waals surface area (Å²) < 4.78 is 296. The Morgan fingerprint density at radius 2 is 0.729 bits per heavy atom. The van der Waals surface area contributed by atoms with Crippen LogP contribution in [0.5, 0.6) is 0 Å². The number of hydrogen-bond donors (Lipinski definition) is 0. The highest BCUT2D eigenvalue weighted by Crippen LogP contribution is 2.31. The Balaban J connectivity index is 0.000000270. The Morgan fingerprint density at radius 1 is 0.414 bits per heavy atom. The number of azide groups is 1. The maximum Gasteiger partial charge on any atom is 0.249 e. The number of ketones is 2. The standard InChI is InChI=1S/C24BF20.C19H15N4O2/c26-5-1(6(27)14(35)21(42)13(5)34)25(2-7(28)15(36)22(43)16(37)8(2)29,3-9(30)17(38)23(44)18(39)10(3)31)4-11(32)19(40)24(45)20(41)12(4)33;20-22-21-12-18(24)17-11-10-14-6-4-5-9-16(14)23(17)13-19(25)15-7-2-1-3-8-15/h;1-11H,12-13H2/q-1;+1. The van der Waals surface area contributed by atoms with Crippen molar-refractivity contribution in [1.82, 2.24) is 0 Å². The van der Waals surface area contributed by atoms with Crippen molar-refractivity contribution in [1.29, 1.82) is 0 Å². The van der Waals surface area contributed by atoms with Crippen molar-refractivity contribution >= 4 is 50.5 Å². The van der Waals surface area contributed by atoms with Gasteiger partial charge in [-0.2, -0.15) is 4.57 Å². The van der Waals surface area contributed by atoms with Gasteiger partial charge in [-0.3, -0.25) is 9.59 Å². The summed E-state index contributed by atoms with van der Waals surface area (Å²) in [6, 6.07) is 19.9. The highest BCUT2D eigenvalue weighted by Gasteiger charge is 2.52. The first kappa shape index (κ1) is 51.4.